The van der Waals surface area contributed by atoms with Crippen molar-refractivity contribution in [2.75, 3.05) is 17.3 Å². The fourth-order valence-electron chi connectivity index (χ4n) is 1.45. The summed E-state index contributed by atoms with van der Waals surface area (Å²) in [5, 5.41) is 13.7. The number of rotatable bonds is 3. The van der Waals surface area contributed by atoms with Gasteiger partial charge >= 0.3 is 12.0 Å². The largest absolute Gasteiger partial charge is 0.481 e. The average Bonchev–Trinajstić information content (AvgIpc) is 2.75. The van der Waals surface area contributed by atoms with Crippen molar-refractivity contribution in [1.82, 2.24) is 10.6 Å². The SMILES string of the molecule is O=C(O)CCCS.O=C1N[C@H]2CSC[C@H]2N1. The molecule has 0 spiro atoms. The smallest absolute Gasteiger partial charge is 0.315 e. The average molecular weight is 264 g/mol. The second-order valence-electron chi connectivity index (χ2n) is 3.59. The van der Waals surface area contributed by atoms with Crippen LogP contribution in [0, 0.1) is 0 Å². The molecular formula is C9H16N2O3S2. The van der Waals surface area contributed by atoms with Crippen LogP contribution in [0.4, 0.5) is 4.79 Å². The van der Waals surface area contributed by atoms with Crippen molar-refractivity contribution >= 4 is 36.4 Å². The Balaban J connectivity index is 0.000000168. The van der Waals surface area contributed by atoms with E-state index in [2.05, 4.69) is 23.3 Å². The van der Waals surface area contributed by atoms with Gasteiger partial charge in [-0.1, -0.05) is 0 Å². The monoisotopic (exact) mass is 264 g/mol. The van der Waals surface area contributed by atoms with Crippen molar-refractivity contribution in [2.24, 2.45) is 0 Å². The van der Waals surface area contributed by atoms with Gasteiger partial charge in [0, 0.05) is 17.9 Å². The third-order valence-corrected chi connectivity index (χ3v) is 3.77. The van der Waals surface area contributed by atoms with Gasteiger partial charge in [-0.15, -0.1) is 0 Å². The van der Waals surface area contributed by atoms with E-state index in [1.165, 1.54) is 0 Å². The zero-order valence-electron chi connectivity index (χ0n) is 8.81. The van der Waals surface area contributed by atoms with Gasteiger partial charge in [-0.05, 0) is 12.2 Å². The number of amides is 2. The number of hydrogen-bond acceptors (Lipinski definition) is 4. The van der Waals surface area contributed by atoms with Gasteiger partial charge in [0.05, 0.1) is 12.1 Å². The molecule has 2 aliphatic heterocycles. The van der Waals surface area contributed by atoms with Gasteiger partial charge < -0.3 is 15.7 Å². The molecule has 0 radical (unpaired) electrons. The van der Waals surface area contributed by atoms with E-state index in [0.29, 0.717) is 24.3 Å². The lowest BCUT2D eigenvalue weighted by molar-refractivity contribution is -0.137. The maximum absolute atomic E-state index is 10.6. The van der Waals surface area contributed by atoms with Gasteiger partial charge in [0.2, 0.25) is 0 Å². The van der Waals surface area contributed by atoms with E-state index in [9.17, 15) is 9.59 Å². The van der Waals surface area contributed by atoms with Crippen LogP contribution in [0.3, 0.4) is 0 Å². The van der Waals surface area contributed by atoms with Crippen molar-refractivity contribution in [3.05, 3.63) is 0 Å². The van der Waals surface area contributed by atoms with Crippen molar-refractivity contribution in [3.8, 4) is 0 Å². The minimum Gasteiger partial charge on any atom is -0.481 e. The number of hydrogen-bond donors (Lipinski definition) is 4. The molecule has 3 N–H and O–H groups in total. The summed E-state index contributed by atoms with van der Waals surface area (Å²) in [5.74, 6) is 2.06. The van der Waals surface area contributed by atoms with Gasteiger partial charge in [-0.2, -0.15) is 24.4 Å². The van der Waals surface area contributed by atoms with Crippen LogP contribution in [0.25, 0.3) is 0 Å². The molecule has 0 aliphatic carbocycles. The van der Waals surface area contributed by atoms with Gasteiger partial charge in [0.1, 0.15) is 0 Å². The third kappa shape index (κ3) is 4.52. The van der Waals surface area contributed by atoms with Crippen molar-refractivity contribution in [2.45, 2.75) is 24.9 Å². The Morgan fingerprint density at radius 1 is 1.44 bits per heavy atom. The molecule has 2 rings (SSSR count). The second kappa shape index (κ2) is 6.90. The summed E-state index contributed by atoms with van der Waals surface area (Å²) in [4.78, 5) is 20.3. The Morgan fingerprint density at radius 3 is 2.38 bits per heavy atom. The summed E-state index contributed by atoms with van der Waals surface area (Å²) in [6.45, 7) is 0. The first kappa shape index (κ1) is 13.5. The van der Waals surface area contributed by atoms with E-state index in [4.69, 9.17) is 5.11 Å². The van der Waals surface area contributed by atoms with E-state index >= 15 is 0 Å². The van der Waals surface area contributed by atoms with Crippen LogP contribution < -0.4 is 10.6 Å². The van der Waals surface area contributed by atoms with E-state index in [1.807, 2.05) is 11.8 Å². The van der Waals surface area contributed by atoms with Gasteiger partial charge in [-0.25, -0.2) is 4.79 Å². The first-order valence-electron chi connectivity index (χ1n) is 5.11. The Hall–Kier alpha value is -0.560. The lowest BCUT2D eigenvalue weighted by atomic mass is 10.2. The van der Waals surface area contributed by atoms with Crippen LogP contribution in [-0.4, -0.2) is 46.4 Å². The van der Waals surface area contributed by atoms with Gasteiger partial charge in [-0.3, -0.25) is 4.79 Å². The Morgan fingerprint density at radius 2 is 2.00 bits per heavy atom. The van der Waals surface area contributed by atoms with E-state index in [1.54, 1.807) is 0 Å². The molecule has 0 bridgehead atoms. The van der Waals surface area contributed by atoms with Crippen LogP contribution in [0.15, 0.2) is 0 Å². The Labute approximate surface area is 104 Å². The number of aliphatic carboxylic acids is 1. The molecular weight excluding hydrogens is 248 g/mol. The van der Waals surface area contributed by atoms with Crippen LogP contribution in [-0.2, 0) is 4.79 Å². The number of carbonyl (C=O) groups excluding carboxylic acids is 1. The molecule has 2 aliphatic rings. The molecule has 2 saturated heterocycles. The molecule has 7 heteroatoms. The van der Waals surface area contributed by atoms with Crippen LogP contribution in [0.5, 0.6) is 0 Å². The van der Waals surface area contributed by atoms with Crippen LogP contribution >= 0.6 is 24.4 Å². The summed E-state index contributed by atoms with van der Waals surface area (Å²) in [6, 6.07) is 0.815. The van der Waals surface area contributed by atoms with E-state index < -0.39 is 5.97 Å². The van der Waals surface area contributed by atoms with Crippen molar-refractivity contribution in [1.29, 1.82) is 0 Å². The summed E-state index contributed by atoms with van der Waals surface area (Å²) in [7, 11) is 0. The van der Waals surface area contributed by atoms with Crippen LogP contribution in [0.1, 0.15) is 12.8 Å². The molecule has 0 aromatic rings. The number of thiol groups is 1. The lowest BCUT2D eigenvalue weighted by Gasteiger charge is -2.02. The highest BCUT2D eigenvalue weighted by molar-refractivity contribution is 7.99. The topological polar surface area (TPSA) is 78.4 Å². The Kier molecular flexibility index (Phi) is 5.83. The number of carbonyl (C=O) groups is 2. The lowest BCUT2D eigenvalue weighted by Crippen LogP contribution is -2.31. The summed E-state index contributed by atoms with van der Waals surface area (Å²) < 4.78 is 0. The van der Waals surface area contributed by atoms with Crippen LogP contribution in [0.2, 0.25) is 0 Å². The standard InChI is InChI=1S/C5H8N2OS.C4H8O2S/c8-5-6-3-1-9-2-4(3)7-5;5-4(6)2-1-3-7/h3-4H,1-2H2,(H2,6,7,8);7H,1-3H2,(H,5,6)/t3-,4+;. The molecule has 5 nitrogen and oxygen atoms in total. The molecule has 2 heterocycles. The summed E-state index contributed by atoms with van der Waals surface area (Å²) in [5.41, 5.74) is 0. The molecule has 2 atom stereocenters. The number of carboxylic acids is 1. The summed E-state index contributed by atoms with van der Waals surface area (Å²) in [6.07, 6.45) is 0.905. The third-order valence-electron chi connectivity index (χ3n) is 2.26. The highest BCUT2D eigenvalue weighted by Crippen LogP contribution is 2.20. The highest BCUT2D eigenvalue weighted by atomic mass is 32.2. The molecule has 0 aromatic carbocycles. The normalized spacial score (nSPS) is 26.2. The fourth-order valence-corrected chi connectivity index (χ4v) is 2.88. The van der Waals surface area contributed by atoms with Crippen molar-refractivity contribution in [3.63, 3.8) is 0 Å². The number of fused-ring (bicyclic) bond motifs is 1. The molecule has 2 amide bonds. The number of nitrogens with one attached hydrogen (secondary N) is 2. The zero-order valence-corrected chi connectivity index (χ0v) is 10.5. The number of thioether (sulfide) groups is 1. The Bertz CT molecular complexity index is 249. The van der Waals surface area contributed by atoms with E-state index in [-0.39, 0.29) is 12.5 Å². The maximum Gasteiger partial charge on any atom is 0.315 e. The number of urea groups is 1. The minimum atomic E-state index is -0.742. The molecule has 16 heavy (non-hydrogen) atoms. The first-order valence-corrected chi connectivity index (χ1v) is 6.89. The molecule has 2 fully saturated rings. The molecule has 92 valence electrons. The molecule has 0 unspecified atom stereocenters. The fraction of sp³-hybridized carbons (Fsp3) is 0.778. The van der Waals surface area contributed by atoms with E-state index in [0.717, 1.165) is 11.5 Å². The molecule has 0 saturated carbocycles. The maximum atomic E-state index is 10.6. The van der Waals surface area contributed by atoms with Gasteiger partial charge in [0.15, 0.2) is 0 Å². The number of carboxylic acid groups (broad SMARTS) is 1. The molecule has 0 aromatic heterocycles. The zero-order chi connectivity index (χ0) is 12.0. The first-order chi connectivity index (χ1) is 7.63. The summed E-state index contributed by atoms with van der Waals surface area (Å²) >= 11 is 5.72. The predicted octanol–water partition coefficient (Wildman–Crippen LogP) is 0.564. The van der Waals surface area contributed by atoms with Crippen molar-refractivity contribution < 1.29 is 14.7 Å². The second-order valence-corrected chi connectivity index (χ2v) is 5.11. The predicted molar refractivity (Wildman–Crippen MR) is 67.3 cm³/mol. The minimum absolute atomic E-state index is 0.00491. The highest BCUT2D eigenvalue weighted by Gasteiger charge is 2.35. The quantitative estimate of drug-likeness (QED) is 0.444. The van der Waals surface area contributed by atoms with Gasteiger partial charge in [0.25, 0.3) is 0 Å².